The van der Waals surface area contributed by atoms with Gasteiger partial charge in [0.1, 0.15) is 17.3 Å². The maximum Gasteiger partial charge on any atom is 0.387 e. The fraction of sp³-hybridized carbons (Fsp3) is 0.200. The van der Waals surface area contributed by atoms with E-state index in [0.29, 0.717) is 16.9 Å². The van der Waals surface area contributed by atoms with Gasteiger partial charge in [-0.2, -0.15) is 8.78 Å². The Morgan fingerprint density at radius 2 is 1.86 bits per heavy atom. The summed E-state index contributed by atoms with van der Waals surface area (Å²) in [6.07, 6.45) is 0. The van der Waals surface area contributed by atoms with Gasteiger partial charge >= 0.3 is 6.61 Å². The summed E-state index contributed by atoms with van der Waals surface area (Å²) in [5, 5.41) is 0. The van der Waals surface area contributed by atoms with E-state index in [9.17, 15) is 13.2 Å². The van der Waals surface area contributed by atoms with Crippen LogP contribution in [0.3, 0.4) is 0 Å². The molecule has 2 aromatic rings. The number of nitrogens with two attached hydrogens (primary N) is 1. The summed E-state index contributed by atoms with van der Waals surface area (Å²) in [5.41, 5.74) is 7.01. The molecule has 3 nitrogen and oxygen atoms in total. The van der Waals surface area contributed by atoms with Gasteiger partial charge in [-0.1, -0.05) is 12.1 Å². The first kappa shape index (κ1) is 15.2. The molecule has 0 aliphatic rings. The summed E-state index contributed by atoms with van der Waals surface area (Å²) < 4.78 is 47.3. The Balaban J connectivity index is 2.35. The van der Waals surface area contributed by atoms with Gasteiger partial charge in [0, 0.05) is 5.56 Å². The minimum Gasteiger partial charge on any atom is -0.496 e. The molecule has 2 aromatic carbocycles. The van der Waals surface area contributed by atoms with Gasteiger partial charge in [0.2, 0.25) is 0 Å². The van der Waals surface area contributed by atoms with Crippen molar-refractivity contribution in [3.05, 3.63) is 59.4 Å². The third-order valence-electron chi connectivity index (χ3n) is 2.97. The lowest BCUT2D eigenvalue weighted by Crippen LogP contribution is -2.14. The van der Waals surface area contributed by atoms with E-state index in [4.69, 9.17) is 10.5 Å². The molecule has 0 aromatic heterocycles. The number of alkyl halides is 2. The second kappa shape index (κ2) is 6.49. The summed E-state index contributed by atoms with van der Waals surface area (Å²) in [6, 6.07) is 9.22. The zero-order valence-corrected chi connectivity index (χ0v) is 11.2. The predicted molar refractivity (Wildman–Crippen MR) is 72.1 cm³/mol. The van der Waals surface area contributed by atoms with Crippen LogP contribution in [-0.2, 0) is 0 Å². The average molecular weight is 297 g/mol. The average Bonchev–Trinajstić information content (AvgIpc) is 2.46. The van der Waals surface area contributed by atoms with Crippen molar-refractivity contribution in [3.63, 3.8) is 0 Å². The molecule has 1 atom stereocenters. The van der Waals surface area contributed by atoms with Gasteiger partial charge in [0.25, 0.3) is 0 Å². The normalized spacial score (nSPS) is 12.3. The zero-order valence-electron chi connectivity index (χ0n) is 11.2. The molecule has 0 aliphatic heterocycles. The quantitative estimate of drug-likeness (QED) is 0.919. The van der Waals surface area contributed by atoms with Crippen molar-refractivity contribution >= 4 is 0 Å². The van der Waals surface area contributed by atoms with Crippen molar-refractivity contribution in [2.45, 2.75) is 12.7 Å². The molecular weight excluding hydrogens is 283 g/mol. The second-order valence-electron chi connectivity index (χ2n) is 4.31. The standard InChI is InChI=1S/C15H14F3NO2/c1-20-13-6-5-10(16)8-12(13)14(19)9-3-2-4-11(7-9)21-15(17)18/h2-8,14-15H,19H2,1H3. The second-order valence-corrected chi connectivity index (χ2v) is 4.31. The SMILES string of the molecule is COc1ccc(F)cc1C(N)c1cccc(OC(F)F)c1. The first-order valence-corrected chi connectivity index (χ1v) is 6.15. The number of ether oxygens (including phenoxy) is 2. The Bertz CT molecular complexity index is 620. The molecule has 2 rings (SSSR count). The highest BCUT2D eigenvalue weighted by Gasteiger charge is 2.16. The molecule has 0 heterocycles. The summed E-state index contributed by atoms with van der Waals surface area (Å²) in [5.74, 6) is -0.0429. The number of hydrogen-bond donors (Lipinski definition) is 1. The molecule has 6 heteroatoms. The van der Waals surface area contributed by atoms with Gasteiger partial charge in [-0.25, -0.2) is 4.39 Å². The lowest BCUT2D eigenvalue weighted by Gasteiger charge is -2.17. The van der Waals surface area contributed by atoms with Crippen LogP contribution < -0.4 is 15.2 Å². The van der Waals surface area contributed by atoms with E-state index in [2.05, 4.69) is 4.74 Å². The summed E-state index contributed by atoms with van der Waals surface area (Å²) in [6.45, 7) is -2.92. The van der Waals surface area contributed by atoms with Crippen LogP contribution >= 0.6 is 0 Å². The molecule has 112 valence electrons. The highest BCUT2D eigenvalue weighted by atomic mass is 19.3. The maximum atomic E-state index is 13.4. The van der Waals surface area contributed by atoms with Crippen LogP contribution in [0.5, 0.6) is 11.5 Å². The van der Waals surface area contributed by atoms with Gasteiger partial charge in [0.15, 0.2) is 0 Å². The van der Waals surface area contributed by atoms with Crippen molar-refractivity contribution in [2.24, 2.45) is 5.73 Å². The van der Waals surface area contributed by atoms with Crippen LogP contribution in [0.25, 0.3) is 0 Å². The Kier molecular flexibility index (Phi) is 4.70. The van der Waals surface area contributed by atoms with Gasteiger partial charge in [-0.05, 0) is 35.9 Å². The van der Waals surface area contributed by atoms with E-state index in [1.165, 1.54) is 37.4 Å². The topological polar surface area (TPSA) is 44.5 Å². The third-order valence-corrected chi connectivity index (χ3v) is 2.97. The number of benzene rings is 2. The Hall–Kier alpha value is -2.21. The highest BCUT2D eigenvalue weighted by Crippen LogP contribution is 2.30. The van der Waals surface area contributed by atoms with Crippen LogP contribution in [0, 0.1) is 5.82 Å². The van der Waals surface area contributed by atoms with Crippen molar-refractivity contribution < 1.29 is 22.6 Å². The molecule has 0 amide bonds. The van der Waals surface area contributed by atoms with E-state index in [-0.39, 0.29) is 5.75 Å². The van der Waals surface area contributed by atoms with E-state index in [1.807, 2.05) is 0 Å². The largest absolute Gasteiger partial charge is 0.496 e. The van der Waals surface area contributed by atoms with E-state index >= 15 is 0 Å². The van der Waals surface area contributed by atoms with Crippen LogP contribution in [0.4, 0.5) is 13.2 Å². The first-order valence-electron chi connectivity index (χ1n) is 6.15. The molecular formula is C15H14F3NO2. The Labute approximate surface area is 120 Å². The van der Waals surface area contributed by atoms with E-state index < -0.39 is 18.5 Å². The molecule has 2 N–H and O–H groups in total. The van der Waals surface area contributed by atoms with Crippen LogP contribution in [0.2, 0.25) is 0 Å². The number of halogens is 3. The highest BCUT2D eigenvalue weighted by molar-refractivity contribution is 5.43. The smallest absolute Gasteiger partial charge is 0.387 e. The minimum atomic E-state index is -2.92. The molecule has 0 saturated carbocycles. The fourth-order valence-electron chi connectivity index (χ4n) is 2.01. The molecule has 0 radical (unpaired) electrons. The molecule has 0 bridgehead atoms. The van der Waals surface area contributed by atoms with E-state index in [1.54, 1.807) is 12.1 Å². The molecule has 1 unspecified atom stereocenters. The van der Waals surface area contributed by atoms with Crippen molar-refractivity contribution in [1.82, 2.24) is 0 Å². The van der Waals surface area contributed by atoms with Crippen LogP contribution in [0.15, 0.2) is 42.5 Å². The maximum absolute atomic E-state index is 13.4. The molecule has 0 fully saturated rings. The molecule has 21 heavy (non-hydrogen) atoms. The van der Waals surface area contributed by atoms with Gasteiger partial charge < -0.3 is 15.2 Å². The Morgan fingerprint density at radius 1 is 1.10 bits per heavy atom. The van der Waals surface area contributed by atoms with E-state index in [0.717, 1.165) is 0 Å². The monoisotopic (exact) mass is 297 g/mol. The molecule has 0 spiro atoms. The summed E-state index contributed by atoms with van der Waals surface area (Å²) in [7, 11) is 1.44. The van der Waals surface area contributed by atoms with Crippen molar-refractivity contribution in [2.75, 3.05) is 7.11 Å². The lowest BCUT2D eigenvalue weighted by molar-refractivity contribution is -0.0498. The van der Waals surface area contributed by atoms with Crippen molar-refractivity contribution in [3.8, 4) is 11.5 Å². The first-order chi connectivity index (χ1) is 10.0. The number of rotatable bonds is 5. The van der Waals surface area contributed by atoms with Crippen LogP contribution in [-0.4, -0.2) is 13.7 Å². The zero-order chi connectivity index (χ0) is 15.4. The van der Waals surface area contributed by atoms with Gasteiger partial charge in [-0.15, -0.1) is 0 Å². The van der Waals surface area contributed by atoms with Gasteiger partial charge in [-0.3, -0.25) is 0 Å². The number of methoxy groups -OCH3 is 1. The fourth-order valence-corrected chi connectivity index (χ4v) is 2.01. The van der Waals surface area contributed by atoms with Crippen molar-refractivity contribution in [1.29, 1.82) is 0 Å². The van der Waals surface area contributed by atoms with Gasteiger partial charge in [0.05, 0.1) is 13.2 Å². The minimum absolute atomic E-state index is 0.00619. The summed E-state index contributed by atoms with van der Waals surface area (Å²) in [4.78, 5) is 0. The summed E-state index contributed by atoms with van der Waals surface area (Å²) >= 11 is 0. The lowest BCUT2D eigenvalue weighted by atomic mass is 9.98. The third kappa shape index (κ3) is 3.66. The Morgan fingerprint density at radius 3 is 2.52 bits per heavy atom. The van der Waals surface area contributed by atoms with Crippen LogP contribution in [0.1, 0.15) is 17.2 Å². The molecule has 0 saturated heterocycles. The molecule has 0 aliphatic carbocycles. The predicted octanol–water partition coefficient (Wildman–Crippen LogP) is 3.48. The number of hydrogen-bond acceptors (Lipinski definition) is 3.